The summed E-state index contributed by atoms with van der Waals surface area (Å²) in [4.78, 5) is 4.10. The zero-order chi connectivity index (χ0) is 10.0. The number of nitrogens with zero attached hydrogens (tertiary/aromatic N) is 2. The van der Waals surface area contributed by atoms with Gasteiger partial charge < -0.3 is 9.47 Å². The zero-order valence-corrected chi connectivity index (χ0v) is 8.67. The van der Waals surface area contributed by atoms with Gasteiger partial charge in [0.25, 0.3) is 0 Å². The maximum atomic E-state index is 5.66. The third kappa shape index (κ3) is 1.63. The van der Waals surface area contributed by atoms with Crippen LogP contribution in [-0.4, -0.2) is 35.5 Å². The van der Waals surface area contributed by atoms with Crippen LogP contribution in [-0.2, 0) is 15.1 Å². The van der Waals surface area contributed by atoms with Crippen LogP contribution in [0.25, 0.3) is 0 Å². The summed E-state index contributed by atoms with van der Waals surface area (Å²) in [5, 5.41) is 6.81. The lowest BCUT2D eigenvalue weighted by Crippen LogP contribution is -2.36. The highest BCUT2D eigenvalue weighted by atomic mass is 35.5. The van der Waals surface area contributed by atoms with Crippen molar-refractivity contribution in [1.82, 2.24) is 15.2 Å². The topological polar surface area (TPSA) is 60.0 Å². The number of aromatic nitrogens is 3. The lowest BCUT2D eigenvalue weighted by molar-refractivity contribution is -0.0998. The molecule has 1 aliphatic rings. The molecule has 0 saturated carbocycles. The first kappa shape index (κ1) is 9.89. The minimum Gasteiger partial charge on any atom is -0.381 e. The van der Waals surface area contributed by atoms with E-state index in [2.05, 4.69) is 15.2 Å². The van der Waals surface area contributed by atoms with Crippen molar-refractivity contribution in [2.45, 2.75) is 18.4 Å². The van der Waals surface area contributed by atoms with E-state index in [1.807, 2.05) is 0 Å². The third-order valence-electron chi connectivity index (χ3n) is 2.58. The van der Waals surface area contributed by atoms with E-state index in [-0.39, 0.29) is 5.28 Å². The van der Waals surface area contributed by atoms with Crippen molar-refractivity contribution in [2.75, 3.05) is 20.3 Å². The molecule has 0 atom stereocenters. The fourth-order valence-corrected chi connectivity index (χ4v) is 1.81. The second-order valence-corrected chi connectivity index (χ2v) is 3.60. The van der Waals surface area contributed by atoms with Crippen LogP contribution in [0.1, 0.15) is 18.7 Å². The lowest BCUT2D eigenvalue weighted by Gasteiger charge is -2.33. The van der Waals surface area contributed by atoms with Crippen LogP contribution in [0.15, 0.2) is 0 Å². The first-order valence-corrected chi connectivity index (χ1v) is 4.86. The molecule has 0 radical (unpaired) electrons. The predicted molar refractivity (Wildman–Crippen MR) is 50.1 cm³/mol. The number of aromatic amines is 1. The van der Waals surface area contributed by atoms with Gasteiger partial charge in [-0.15, -0.1) is 5.10 Å². The van der Waals surface area contributed by atoms with E-state index in [4.69, 9.17) is 21.1 Å². The summed E-state index contributed by atoms with van der Waals surface area (Å²) in [7, 11) is 1.67. The number of hydrogen-bond donors (Lipinski definition) is 1. The Morgan fingerprint density at radius 1 is 1.50 bits per heavy atom. The van der Waals surface area contributed by atoms with Gasteiger partial charge in [-0.3, -0.25) is 5.10 Å². The van der Waals surface area contributed by atoms with E-state index in [0.717, 1.165) is 12.8 Å². The Morgan fingerprint density at radius 3 is 2.71 bits per heavy atom. The Labute approximate surface area is 86.8 Å². The molecule has 1 aromatic heterocycles. The fourth-order valence-electron chi connectivity index (χ4n) is 1.68. The molecule has 0 unspecified atom stereocenters. The van der Waals surface area contributed by atoms with Crippen LogP contribution in [0.5, 0.6) is 0 Å². The summed E-state index contributed by atoms with van der Waals surface area (Å²) < 4.78 is 10.8. The normalized spacial score (nSPS) is 21.0. The second-order valence-electron chi connectivity index (χ2n) is 3.26. The van der Waals surface area contributed by atoms with Gasteiger partial charge in [-0.05, 0) is 11.6 Å². The quantitative estimate of drug-likeness (QED) is 0.806. The molecular weight excluding hydrogens is 206 g/mol. The average molecular weight is 218 g/mol. The van der Waals surface area contributed by atoms with Crippen LogP contribution < -0.4 is 0 Å². The van der Waals surface area contributed by atoms with E-state index in [1.54, 1.807) is 7.11 Å². The van der Waals surface area contributed by atoms with Crippen molar-refractivity contribution in [2.24, 2.45) is 0 Å². The van der Waals surface area contributed by atoms with Gasteiger partial charge >= 0.3 is 0 Å². The molecular formula is C8H12ClN3O2. The summed E-state index contributed by atoms with van der Waals surface area (Å²) in [6.45, 7) is 1.35. The molecule has 2 rings (SSSR count). The van der Waals surface area contributed by atoms with Gasteiger partial charge in [0.15, 0.2) is 5.82 Å². The second kappa shape index (κ2) is 3.84. The van der Waals surface area contributed by atoms with Crippen molar-refractivity contribution in [3.63, 3.8) is 0 Å². The smallest absolute Gasteiger partial charge is 0.242 e. The van der Waals surface area contributed by atoms with Crippen LogP contribution in [0.3, 0.4) is 0 Å². The van der Waals surface area contributed by atoms with Crippen LogP contribution in [0.2, 0.25) is 5.28 Å². The molecule has 0 spiro atoms. The van der Waals surface area contributed by atoms with Gasteiger partial charge in [-0.25, -0.2) is 0 Å². The molecule has 1 fully saturated rings. The lowest BCUT2D eigenvalue weighted by atomic mass is 9.93. The Bertz CT molecular complexity index is 309. The molecule has 0 aromatic carbocycles. The summed E-state index contributed by atoms with van der Waals surface area (Å²) in [5.74, 6) is 0.688. The number of nitrogens with one attached hydrogen (secondary N) is 1. The van der Waals surface area contributed by atoms with E-state index in [0.29, 0.717) is 19.0 Å². The molecule has 0 bridgehead atoms. The maximum absolute atomic E-state index is 5.66. The minimum atomic E-state index is -0.404. The van der Waals surface area contributed by atoms with Gasteiger partial charge in [-0.1, -0.05) is 0 Å². The van der Waals surface area contributed by atoms with Gasteiger partial charge in [0.2, 0.25) is 5.28 Å². The number of H-pyrrole nitrogens is 1. The van der Waals surface area contributed by atoms with Gasteiger partial charge in [0, 0.05) is 33.2 Å². The summed E-state index contributed by atoms with van der Waals surface area (Å²) >= 11 is 5.66. The first-order chi connectivity index (χ1) is 6.77. The van der Waals surface area contributed by atoms with E-state index >= 15 is 0 Å². The highest BCUT2D eigenvalue weighted by Crippen LogP contribution is 2.33. The van der Waals surface area contributed by atoms with Crippen LogP contribution in [0.4, 0.5) is 0 Å². The Kier molecular flexibility index (Phi) is 2.71. The number of ether oxygens (including phenoxy) is 2. The number of halogens is 1. The largest absolute Gasteiger partial charge is 0.381 e. The number of hydrogen-bond acceptors (Lipinski definition) is 4. The van der Waals surface area contributed by atoms with Crippen molar-refractivity contribution in [1.29, 1.82) is 0 Å². The van der Waals surface area contributed by atoms with Crippen LogP contribution >= 0.6 is 11.6 Å². The molecule has 1 saturated heterocycles. The van der Waals surface area contributed by atoms with Crippen molar-refractivity contribution >= 4 is 11.6 Å². The summed E-state index contributed by atoms with van der Waals surface area (Å²) in [6, 6.07) is 0. The molecule has 1 N–H and O–H groups in total. The highest BCUT2D eigenvalue weighted by molar-refractivity contribution is 6.28. The van der Waals surface area contributed by atoms with Gasteiger partial charge in [0.05, 0.1) is 0 Å². The average Bonchev–Trinajstić information content (AvgIpc) is 2.66. The molecule has 2 heterocycles. The summed E-state index contributed by atoms with van der Waals surface area (Å²) in [5.41, 5.74) is -0.404. The van der Waals surface area contributed by atoms with E-state index in [1.165, 1.54) is 0 Å². The summed E-state index contributed by atoms with van der Waals surface area (Å²) in [6.07, 6.45) is 1.55. The Hall–Kier alpha value is -0.650. The molecule has 14 heavy (non-hydrogen) atoms. The van der Waals surface area contributed by atoms with Crippen LogP contribution in [0, 0.1) is 0 Å². The third-order valence-corrected chi connectivity index (χ3v) is 2.75. The monoisotopic (exact) mass is 217 g/mol. The molecule has 0 amide bonds. The van der Waals surface area contributed by atoms with E-state index < -0.39 is 5.60 Å². The maximum Gasteiger partial charge on any atom is 0.242 e. The Morgan fingerprint density at radius 2 is 2.21 bits per heavy atom. The minimum absolute atomic E-state index is 0.225. The molecule has 78 valence electrons. The van der Waals surface area contributed by atoms with Gasteiger partial charge in [0.1, 0.15) is 5.60 Å². The molecule has 5 nitrogen and oxygen atoms in total. The van der Waals surface area contributed by atoms with Crippen molar-refractivity contribution in [3.05, 3.63) is 11.1 Å². The van der Waals surface area contributed by atoms with Gasteiger partial charge in [-0.2, -0.15) is 4.98 Å². The molecule has 6 heteroatoms. The predicted octanol–water partition coefficient (Wildman–Crippen LogP) is 1.11. The SMILES string of the molecule is COC1(c2nc(Cl)n[nH]2)CCOCC1. The number of methoxy groups -OCH3 is 1. The Balaban J connectivity index is 2.26. The number of rotatable bonds is 2. The first-order valence-electron chi connectivity index (χ1n) is 4.48. The molecule has 1 aromatic rings. The fraction of sp³-hybridized carbons (Fsp3) is 0.750. The molecule has 1 aliphatic heterocycles. The van der Waals surface area contributed by atoms with E-state index in [9.17, 15) is 0 Å². The highest BCUT2D eigenvalue weighted by Gasteiger charge is 2.37. The van der Waals surface area contributed by atoms with Crippen molar-refractivity contribution in [3.8, 4) is 0 Å². The molecule has 0 aliphatic carbocycles. The zero-order valence-electron chi connectivity index (χ0n) is 7.92. The standard InChI is InChI=1S/C8H12ClN3O2/c1-13-8(2-4-14-5-3-8)6-10-7(9)12-11-6/h2-5H2,1H3,(H,10,11,12). The van der Waals surface area contributed by atoms with Crippen molar-refractivity contribution < 1.29 is 9.47 Å².